The number of hydrogen-bond acceptors (Lipinski definition) is 7. The third-order valence-electron chi connectivity index (χ3n) is 3.91. The molecule has 0 saturated carbocycles. The Bertz CT molecular complexity index is 934. The largest absolute Gasteiger partial charge is 0.365 e. The monoisotopic (exact) mass is 476 g/mol. The standard InChI is InChI=1S/C16H22BrFN6O3S/c1-3-10(2)14(22-11-5-6-13(18)12(17)9-11)15-16(24-27-23-15)20-7-4-8-21-28(19,25)26/h5-6,9-10,21H,3-4,7-8H2,1-2H3,(H,20,24)(H2,19,25,26). The minimum atomic E-state index is -3.71. The molecule has 1 aromatic carbocycles. The average molecular weight is 477 g/mol. The van der Waals surface area contributed by atoms with Gasteiger partial charge in [0.1, 0.15) is 5.82 Å². The predicted octanol–water partition coefficient (Wildman–Crippen LogP) is 2.73. The minimum absolute atomic E-state index is 0.0420. The lowest BCUT2D eigenvalue weighted by molar-refractivity contribution is 0.307. The highest BCUT2D eigenvalue weighted by Crippen LogP contribution is 2.26. The molecule has 0 radical (unpaired) electrons. The average Bonchev–Trinajstić information content (AvgIpc) is 3.09. The number of halogens is 2. The summed E-state index contributed by atoms with van der Waals surface area (Å²) in [6.45, 7) is 4.61. The van der Waals surface area contributed by atoms with E-state index >= 15 is 0 Å². The summed E-state index contributed by atoms with van der Waals surface area (Å²) < 4.78 is 42.6. The summed E-state index contributed by atoms with van der Waals surface area (Å²) >= 11 is 3.16. The molecular weight excluding hydrogens is 455 g/mol. The second-order valence-corrected chi connectivity index (χ2v) is 8.32. The molecule has 1 unspecified atom stereocenters. The van der Waals surface area contributed by atoms with Crippen LogP contribution in [0.3, 0.4) is 0 Å². The zero-order valence-electron chi connectivity index (χ0n) is 15.4. The van der Waals surface area contributed by atoms with E-state index in [9.17, 15) is 12.8 Å². The summed E-state index contributed by atoms with van der Waals surface area (Å²) in [6, 6.07) is 4.48. The first-order valence-corrected chi connectivity index (χ1v) is 10.9. The van der Waals surface area contributed by atoms with Crippen molar-refractivity contribution in [1.82, 2.24) is 15.0 Å². The molecule has 0 amide bonds. The maximum absolute atomic E-state index is 13.5. The Morgan fingerprint density at radius 1 is 1.39 bits per heavy atom. The van der Waals surface area contributed by atoms with Crippen LogP contribution in [0.5, 0.6) is 0 Å². The first-order chi connectivity index (χ1) is 13.2. The molecule has 0 aliphatic heterocycles. The van der Waals surface area contributed by atoms with Crippen molar-refractivity contribution in [2.24, 2.45) is 16.0 Å². The van der Waals surface area contributed by atoms with Gasteiger partial charge in [-0.3, -0.25) is 4.99 Å². The van der Waals surface area contributed by atoms with Gasteiger partial charge >= 0.3 is 0 Å². The van der Waals surface area contributed by atoms with Gasteiger partial charge in [0.25, 0.3) is 10.2 Å². The second-order valence-electron chi connectivity index (χ2n) is 6.09. The predicted molar refractivity (Wildman–Crippen MR) is 108 cm³/mol. The van der Waals surface area contributed by atoms with E-state index in [2.05, 4.69) is 41.3 Å². The van der Waals surface area contributed by atoms with Crippen molar-refractivity contribution in [3.8, 4) is 0 Å². The maximum Gasteiger partial charge on any atom is 0.274 e. The van der Waals surface area contributed by atoms with Gasteiger partial charge in [0.2, 0.25) is 0 Å². The van der Waals surface area contributed by atoms with Gasteiger partial charge in [0, 0.05) is 19.0 Å². The van der Waals surface area contributed by atoms with Crippen LogP contribution in [-0.2, 0) is 10.2 Å². The Balaban J connectivity index is 2.18. The molecule has 0 aliphatic rings. The molecule has 28 heavy (non-hydrogen) atoms. The lowest BCUT2D eigenvalue weighted by atomic mass is 9.99. The van der Waals surface area contributed by atoms with Crippen LogP contribution >= 0.6 is 15.9 Å². The topological polar surface area (TPSA) is 136 Å². The van der Waals surface area contributed by atoms with Crippen LogP contribution in [0.1, 0.15) is 32.4 Å². The summed E-state index contributed by atoms with van der Waals surface area (Å²) in [4.78, 5) is 4.62. The number of rotatable bonds is 10. The molecule has 154 valence electrons. The lowest BCUT2D eigenvalue weighted by Crippen LogP contribution is -2.32. The zero-order chi connectivity index (χ0) is 20.7. The van der Waals surface area contributed by atoms with Gasteiger partial charge < -0.3 is 5.32 Å². The fourth-order valence-corrected chi connectivity index (χ4v) is 3.06. The molecular formula is C16H22BrFN6O3S. The van der Waals surface area contributed by atoms with Crippen LogP contribution in [0.15, 0.2) is 32.3 Å². The van der Waals surface area contributed by atoms with Gasteiger partial charge in [-0.05, 0) is 57.3 Å². The van der Waals surface area contributed by atoms with E-state index in [-0.39, 0.29) is 18.3 Å². The molecule has 0 fully saturated rings. The molecule has 1 atom stereocenters. The Hall–Kier alpha value is -1.89. The molecule has 12 heteroatoms. The molecule has 0 spiro atoms. The molecule has 9 nitrogen and oxygen atoms in total. The summed E-state index contributed by atoms with van der Waals surface area (Å²) in [5, 5.41) is 15.8. The van der Waals surface area contributed by atoms with Crippen molar-refractivity contribution < 1.29 is 17.4 Å². The number of nitrogens with two attached hydrogens (primary N) is 1. The summed E-state index contributed by atoms with van der Waals surface area (Å²) in [7, 11) is -3.71. The molecule has 1 heterocycles. The Morgan fingerprint density at radius 2 is 2.14 bits per heavy atom. The Morgan fingerprint density at radius 3 is 2.79 bits per heavy atom. The molecule has 0 aliphatic carbocycles. The molecule has 2 aromatic rings. The van der Waals surface area contributed by atoms with Crippen molar-refractivity contribution in [2.45, 2.75) is 26.7 Å². The zero-order valence-corrected chi connectivity index (χ0v) is 17.8. The highest BCUT2D eigenvalue weighted by atomic mass is 79.9. The van der Waals surface area contributed by atoms with Gasteiger partial charge in [-0.25, -0.2) is 18.9 Å². The van der Waals surface area contributed by atoms with E-state index < -0.39 is 10.2 Å². The van der Waals surface area contributed by atoms with E-state index in [0.29, 0.717) is 40.3 Å². The van der Waals surface area contributed by atoms with E-state index in [1.54, 1.807) is 12.1 Å². The third-order valence-corrected chi connectivity index (χ3v) is 5.13. The SMILES string of the molecule is CCC(C)C(=Nc1ccc(F)c(Br)c1)c1nonc1NCCCNS(N)(=O)=O. The fourth-order valence-electron chi connectivity index (χ4n) is 2.27. The number of nitrogens with zero attached hydrogens (tertiary/aromatic N) is 3. The first-order valence-electron chi connectivity index (χ1n) is 8.59. The van der Waals surface area contributed by atoms with Gasteiger partial charge in [0.15, 0.2) is 11.5 Å². The van der Waals surface area contributed by atoms with E-state index in [1.165, 1.54) is 6.07 Å². The van der Waals surface area contributed by atoms with Gasteiger partial charge in [-0.1, -0.05) is 13.8 Å². The highest BCUT2D eigenvalue weighted by molar-refractivity contribution is 9.10. The fraction of sp³-hybridized carbons (Fsp3) is 0.438. The van der Waals surface area contributed by atoms with E-state index in [1.807, 2.05) is 13.8 Å². The van der Waals surface area contributed by atoms with E-state index in [0.717, 1.165) is 6.42 Å². The van der Waals surface area contributed by atoms with Gasteiger partial charge in [0.05, 0.1) is 15.9 Å². The van der Waals surface area contributed by atoms with Crippen molar-refractivity contribution in [3.63, 3.8) is 0 Å². The summed E-state index contributed by atoms with van der Waals surface area (Å²) in [6.07, 6.45) is 1.27. The van der Waals surface area contributed by atoms with Crippen molar-refractivity contribution in [2.75, 3.05) is 18.4 Å². The van der Waals surface area contributed by atoms with Gasteiger partial charge in [-0.15, -0.1) is 0 Å². The van der Waals surface area contributed by atoms with Crippen LogP contribution in [0, 0.1) is 11.7 Å². The van der Waals surface area contributed by atoms with Crippen molar-refractivity contribution >= 4 is 43.4 Å². The Kier molecular flexibility index (Phi) is 8.04. The van der Waals surface area contributed by atoms with Crippen molar-refractivity contribution in [1.29, 1.82) is 0 Å². The molecule has 4 N–H and O–H groups in total. The minimum Gasteiger partial charge on any atom is -0.365 e. The van der Waals surface area contributed by atoms with Crippen molar-refractivity contribution in [3.05, 3.63) is 34.2 Å². The van der Waals surface area contributed by atoms with Crippen LogP contribution in [0.2, 0.25) is 0 Å². The maximum atomic E-state index is 13.5. The lowest BCUT2D eigenvalue weighted by Gasteiger charge is -2.12. The summed E-state index contributed by atoms with van der Waals surface area (Å²) in [5.41, 5.74) is 1.66. The smallest absolute Gasteiger partial charge is 0.274 e. The number of aromatic nitrogens is 2. The number of hydrogen-bond donors (Lipinski definition) is 3. The molecule has 0 bridgehead atoms. The highest BCUT2D eigenvalue weighted by Gasteiger charge is 2.21. The van der Waals surface area contributed by atoms with Crippen LogP contribution < -0.4 is 15.2 Å². The molecule has 0 saturated heterocycles. The van der Waals surface area contributed by atoms with Crippen LogP contribution in [0.4, 0.5) is 15.9 Å². The van der Waals surface area contributed by atoms with E-state index in [4.69, 9.17) is 9.77 Å². The van der Waals surface area contributed by atoms with Crippen LogP contribution in [0.25, 0.3) is 0 Å². The number of anilines is 1. The number of benzene rings is 1. The number of aliphatic imine (C=N–C) groups is 1. The normalized spacial score (nSPS) is 13.5. The van der Waals surface area contributed by atoms with Gasteiger partial charge in [-0.2, -0.15) is 8.42 Å². The molecule has 2 rings (SSSR count). The second kappa shape index (κ2) is 10.0. The quantitative estimate of drug-likeness (QED) is 0.356. The first kappa shape index (κ1) is 22.4. The van der Waals surface area contributed by atoms with Crippen LogP contribution in [-0.4, -0.2) is 37.5 Å². The third kappa shape index (κ3) is 6.62. The number of nitrogens with one attached hydrogen (secondary N) is 2. The Labute approximate surface area is 171 Å². The summed E-state index contributed by atoms with van der Waals surface area (Å²) in [5.74, 6) is 0.0683. The molecule has 1 aromatic heterocycles.